The van der Waals surface area contributed by atoms with Gasteiger partial charge in [0, 0.05) is 18.5 Å². The van der Waals surface area contributed by atoms with E-state index in [0.717, 1.165) is 12.8 Å². The van der Waals surface area contributed by atoms with Gasteiger partial charge in [-0.3, -0.25) is 5.41 Å². The van der Waals surface area contributed by atoms with Crippen molar-refractivity contribution in [1.82, 2.24) is 4.90 Å². The zero-order valence-electron chi connectivity index (χ0n) is 10.5. The molecule has 2 rings (SSSR count). The summed E-state index contributed by atoms with van der Waals surface area (Å²) < 4.78 is 23.0. The van der Waals surface area contributed by atoms with Crippen molar-refractivity contribution < 1.29 is 8.42 Å². The van der Waals surface area contributed by atoms with E-state index in [1.165, 1.54) is 19.3 Å². The van der Waals surface area contributed by atoms with E-state index in [0.29, 0.717) is 18.3 Å². The molecule has 1 saturated heterocycles. The first kappa shape index (κ1) is 12.9. The van der Waals surface area contributed by atoms with E-state index in [4.69, 9.17) is 5.41 Å². The summed E-state index contributed by atoms with van der Waals surface area (Å²) in [5.41, 5.74) is 0. The van der Waals surface area contributed by atoms with E-state index in [9.17, 15) is 8.42 Å². The average molecular weight is 258 g/mol. The molecule has 2 aliphatic rings. The zero-order valence-corrected chi connectivity index (χ0v) is 11.3. The van der Waals surface area contributed by atoms with Gasteiger partial charge >= 0.3 is 0 Å². The highest BCUT2D eigenvalue weighted by Crippen LogP contribution is 2.27. The van der Waals surface area contributed by atoms with Gasteiger partial charge in [-0.15, -0.1) is 0 Å². The normalized spacial score (nSPS) is 30.2. The van der Waals surface area contributed by atoms with Gasteiger partial charge in [0.2, 0.25) is 0 Å². The molecular formula is C12H22N2O2S. The number of hydrogen-bond acceptors (Lipinski definition) is 3. The van der Waals surface area contributed by atoms with Gasteiger partial charge in [-0.25, -0.2) is 8.42 Å². The van der Waals surface area contributed by atoms with Gasteiger partial charge in [0.25, 0.3) is 0 Å². The molecule has 1 atom stereocenters. The van der Waals surface area contributed by atoms with Gasteiger partial charge in [-0.05, 0) is 19.8 Å². The molecule has 17 heavy (non-hydrogen) atoms. The van der Waals surface area contributed by atoms with E-state index in [-0.39, 0.29) is 17.5 Å². The highest BCUT2D eigenvalue weighted by molar-refractivity contribution is 7.91. The number of nitrogens with one attached hydrogen (secondary N) is 1. The van der Waals surface area contributed by atoms with Crippen molar-refractivity contribution in [2.75, 3.05) is 18.1 Å². The lowest BCUT2D eigenvalue weighted by Crippen LogP contribution is -2.51. The topological polar surface area (TPSA) is 61.2 Å². The van der Waals surface area contributed by atoms with Crippen LogP contribution >= 0.6 is 0 Å². The van der Waals surface area contributed by atoms with Gasteiger partial charge in [0.1, 0.15) is 0 Å². The summed E-state index contributed by atoms with van der Waals surface area (Å²) in [4.78, 5) is 2.01. The molecule has 1 aliphatic carbocycles. The quantitative estimate of drug-likeness (QED) is 0.575. The van der Waals surface area contributed by atoms with E-state index in [1.807, 2.05) is 11.8 Å². The third-order valence-electron chi connectivity index (χ3n) is 3.97. The Kier molecular flexibility index (Phi) is 3.76. The molecule has 0 aromatic heterocycles. The van der Waals surface area contributed by atoms with Crippen LogP contribution in [0.15, 0.2) is 0 Å². The SMILES string of the molecule is CC1CS(=O)(=O)CCN1C(=N)C1CCCCC1. The van der Waals surface area contributed by atoms with Crippen LogP contribution in [0.1, 0.15) is 39.0 Å². The Morgan fingerprint density at radius 2 is 1.88 bits per heavy atom. The maximum atomic E-state index is 11.5. The van der Waals surface area contributed by atoms with E-state index in [2.05, 4.69) is 0 Å². The predicted molar refractivity (Wildman–Crippen MR) is 69.1 cm³/mol. The zero-order chi connectivity index (χ0) is 12.5. The van der Waals surface area contributed by atoms with Crippen molar-refractivity contribution in [3.63, 3.8) is 0 Å². The van der Waals surface area contributed by atoms with Gasteiger partial charge < -0.3 is 4.90 Å². The fourth-order valence-electron chi connectivity index (χ4n) is 2.97. The van der Waals surface area contributed by atoms with Crippen LogP contribution in [0.5, 0.6) is 0 Å². The summed E-state index contributed by atoms with van der Waals surface area (Å²) in [6.07, 6.45) is 5.93. The third kappa shape index (κ3) is 3.00. The van der Waals surface area contributed by atoms with Crippen LogP contribution in [0.3, 0.4) is 0 Å². The molecule has 0 amide bonds. The van der Waals surface area contributed by atoms with Crippen LogP contribution in [0.25, 0.3) is 0 Å². The number of hydrogen-bond donors (Lipinski definition) is 1. The molecule has 0 aromatic carbocycles. The standard InChI is InChI=1S/C12H22N2O2S/c1-10-9-17(15,16)8-7-14(10)12(13)11-5-3-2-4-6-11/h10-11,13H,2-9H2,1H3. The number of nitrogens with zero attached hydrogens (tertiary/aromatic N) is 1. The summed E-state index contributed by atoms with van der Waals surface area (Å²) in [7, 11) is -2.87. The minimum Gasteiger partial charge on any atom is -0.356 e. The molecule has 98 valence electrons. The minimum absolute atomic E-state index is 0.0248. The van der Waals surface area contributed by atoms with E-state index < -0.39 is 9.84 Å². The highest BCUT2D eigenvalue weighted by atomic mass is 32.2. The van der Waals surface area contributed by atoms with E-state index >= 15 is 0 Å². The molecule has 5 heteroatoms. The summed E-state index contributed by atoms with van der Waals surface area (Å²) in [6.45, 7) is 2.44. The maximum absolute atomic E-state index is 11.5. The molecule has 0 radical (unpaired) electrons. The predicted octanol–water partition coefficient (Wildman–Crippen LogP) is 1.66. The summed E-state index contributed by atoms with van der Waals surface area (Å²) in [5, 5.41) is 8.27. The summed E-state index contributed by atoms with van der Waals surface area (Å²) >= 11 is 0. The maximum Gasteiger partial charge on any atom is 0.154 e. The van der Waals surface area contributed by atoms with Crippen molar-refractivity contribution in [2.45, 2.75) is 45.1 Å². The Morgan fingerprint density at radius 1 is 1.24 bits per heavy atom. The van der Waals surface area contributed by atoms with Gasteiger partial charge in [-0.1, -0.05) is 19.3 Å². The third-order valence-corrected chi connectivity index (χ3v) is 5.77. The van der Waals surface area contributed by atoms with Crippen LogP contribution in [0, 0.1) is 11.3 Å². The largest absolute Gasteiger partial charge is 0.356 e. The molecule has 2 fully saturated rings. The second-order valence-corrected chi connectivity index (χ2v) is 7.61. The van der Waals surface area contributed by atoms with Crippen LogP contribution in [-0.2, 0) is 9.84 Å². The monoisotopic (exact) mass is 258 g/mol. The molecule has 1 N–H and O–H groups in total. The minimum atomic E-state index is -2.87. The Balaban J connectivity index is 2.00. The fraction of sp³-hybridized carbons (Fsp3) is 0.917. The second-order valence-electron chi connectivity index (χ2n) is 5.38. The van der Waals surface area contributed by atoms with E-state index in [1.54, 1.807) is 0 Å². The molecule has 1 saturated carbocycles. The molecular weight excluding hydrogens is 236 g/mol. The fourth-order valence-corrected chi connectivity index (χ4v) is 4.52. The lowest BCUT2D eigenvalue weighted by atomic mass is 9.87. The average Bonchev–Trinajstić information content (AvgIpc) is 2.28. The first-order valence-electron chi connectivity index (χ1n) is 6.55. The Bertz CT molecular complexity index is 385. The number of amidine groups is 1. The lowest BCUT2D eigenvalue weighted by molar-refractivity contribution is 0.311. The summed E-state index contributed by atoms with van der Waals surface area (Å²) in [6, 6.07) is -0.0248. The molecule has 1 aliphatic heterocycles. The van der Waals surface area contributed by atoms with Gasteiger partial charge in [0.05, 0.1) is 17.3 Å². The van der Waals surface area contributed by atoms with Crippen LogP contribution in [-0.4, -0.2) is 43.2 Å². The Hall–Kier alpha value is -0.580. The van der Waals surface area contributed by atoms with Crippen molar-refractivity contribution in [3.8, 4) is 0 Å². The highest BCUT2D eigenvalue weighted by Gasteiger charge is 2.32. The van der Waals surface area contributed by atoms with Gasteiger partial charge in [-0.2, -0.15) is 0 Å². The van der Waals surface area contributed by atoms with Gasteiger partial charge in [0.15, 0.2) is 9.84 Å². The molecule has 0 spiro atoms. The number of rotatable bonds is 1. The Morgan fingerprint density at radius 3 is 2.47 bits per heavy atom. The summed E-state index contributed by atoms with van der Waals surface area (Å²) in [5.74, 6) is 1.48. The van der Waals surface area contributed by atoms with Crippen molar-refractivity contribution in [2.24, 2.45) is 5.92 Å². The smallest absolute Gasteiger partial charge is 0.154 e. The van der Waals surface area contributed by atoms with Crippen molar-refractivity contribution in [3.05, 3.63) is 0 Å². The van der Waals surface area contributed by atoms with Crippen LogP contribution in [0.2, 0.25) is 0 Å². The molecule has 0 aromatic rings. The first-order chi connectivity index (χ1) is 7.99. The number of sulfone groups is 1. The molecule has 4 nitrogen and oxygen atoms in total. The molecule has 1 unspecified atom stereocenters. The van der Waals surface area contributed by atoms with Crippen molar-refractivity contribution >= 4 is 15.7 Å². The second kappa shape index (κ2) is 4.96. The molecule has 1 heterocycles. The van der Waals surface area contributed by atoms with Crippen molar-refractivity contribution in [1.29, 1.82) is 5.41 Å². The first-order valence-corrected chi connectivity index (χ1v) is 8.37. The molecule has 0 bridgehead atoms. The lowest BCUT2D eigenvalue weighted by Gasteiger charge is -2.38. The Labute approximate surface area is 104 Å². The van der Waals surface area contributed by atoms with Crippen LogP contribution < -0.4 is 0 Å². The van der Waals surface area contributed by atoms with Crippen LogP contribution in [0.4, 0.5) is 0 Å².